The topological polar surface area (TPSA) is 44.5 Å². The lowest BCUT2D eigenvalue weighted by atomic mass is 9.83. The lowest BCUT2D eigenvalue weighted by molar-refractivity contribution is 0.404. The van der Waals surface area contributed by atoms with Crippen LogP contribution in [0.4, 0.5) is 0 Å². The van der Waals surface area contributed by atoms with Crippen LogP contribution in [0.15, 0.2) is 42.5 Å². The molecule has 0 bridgehead atoms. The fourth-order valence-electron chi connectivity index (χ4n) is 2.89. The number of nitrogens with two attached hydrogens (primary N) is 1. The van der Waals surface area contributed by atoms with Gasteiger partial charge in [-0.2, -0.15) is 0 Å². The molecule has 24 heavy (non-hydrogen) atoms. The highest BCUT2D eigenvalue weighted by Crippen LogP contribution is 2.33. The first-order chi connectivity index (χ1) is 11.4. The lowest BCUT2D eigenvalue weighted by Gasteiger charge is -2.24. The first kappa shape index (κ1) is 18.3. The van der Waals surface area contributed by atoms with Crippen molar-refractivity contribution in [1.29, 1.82) is 0 Å². The molecule has 2 aromatic carbocycles. The fourth-order valence-corrected chi connectivity index (χ4v) is 2.89. The van der Waals surface area contributed by atoms with Crippen molar-refractivity contribution in [2.45, 2.75) is 38.5 Å². The lowest BCUT2D eigenvalue weighted by Crippen LogP contribution is -2.18. The third-order valence-corrected chi connectivity index (χ3v) is 4.46. The van der Waals surface area contributed by atoms with Gasteiger partial charge in [0.15, 0.2) is 0 Å². The monoisotopic (exact) mass is 327 g/mol. The highest BCUT2D eigenvalue weighted by molar-refractivity contribution is 5.43. The van der Waals surface area contributed by atoms with E-state index < -0.39 is 0 Å². The van der Waals surface area contributed by atoms with Crippen molar-refractivity contribution in [1.82, 2.24) is 0 Å². The quantitative estimate of drug-likeness (QED) is 0.861. The average Bonchev–Trinajstić information content (AvgIpc) is 2.58. The average molecular weight is 327 g/mol. The van der Waals surface area contributed by atoms with Gasteiger partial charge in [0, 0.05) is 5.92 Å². The Morgan fingerprint density at radius 1 is 0.958 bits per heavy atom. The van der Waals surface area contributed by atoms with E-state index in [0.717, 1.165) is 17.9 Å². The van der Waals surface area contributed by atoms with Crippen molar-refractivity contribution in [2.75, 3.05) is 20.8 Å². The Balaban J connectivity index is 2.34. The van der Waals surface area contributed by atoms with Gasteiger partial charge in [-0.15, -0.1) is 0 Å². The molecule has 1 atom stereocenters. The SMILES string of the molecule is COc1ccc(CC(CN)c2cc(C(C)(C)C)ccc2OC)cc1. The molecule has 3 nitrogen and oxygen atoms in total. The van der Waals surface area contributed by atoms with Gasteiger partial charge in [0.2, 0.25) is 0 Å². The van der Waals surface area contributed by atoms with E-state index in [0.29, 0.717) is 6.54 Å². The van der Waals surface area contributed by atoms with Crippen molar-refractivity contribution >= 4 is 0 Å². The van der Waals surface area contributed by atoms with Crippen LogP contribution in [0, 0.1) is 0 Å². The van der Waals surface area contributed by atoms with Crippen LogP contribution >= 0.6 is 0 Å². The number of methoxy groups -OCH3 is 2. The molecule has 130 valence electrons. The summed E-state index contributed by atoms with van der Waals surface area (Å²) in [7, 11) is 3.40. The van der Waals surface area contributed by atoms with Gasteiger partial charge in [0.1, 0.15) is 11.5 Å². The van der Waals surface area contributed by atoms with Gasteiger partial charge in [-0.05, 0) is 53.3 Å². The number of benzene rings is 2. The Kier molecular flexibility index (Phi) is 5.89. The van der Waals surface area contributed by atoms with Crippen LogP contribution in [0.1, 0.15) is 43.4 Å². The molecule has 0 aliphatic heterocycles. The summed E-state index contributed by atoms with van der Waals surface area (Å²) < 4.78 is 10.8. The van der Waals surface area contributed by atoms with E-state index in [2.05, 4.69) is 51.1 Å². The summed E-state index contributed by atoms with van der Waals surface area (Å²) in [4.78, 5) is 0. The zero-order chi connectivity index (χ0) is 17.7. The molecule has 3 heteroatoms. The van der Waals surface area contributed by atoms with E-state index in [1.165, 1.54) is 16.7 Å². The maximum Gasteiger partial charge on any atom is 0.122 e. The van der Waals surface area contributed by atoms with E-state index in [4.69, 9.17) is 15.2 Å². The Hall–Kier alpha value is -2.00. The second-order valence-electron chi connectivity index (χ2n) is 7.19. The van der Waals surface area contributed by atoms with Crippen LogP contribution in [0.3, 0.4) is 0 Å². The smallest absolute Gasteiger partial charge is 0.122 e. The predicted molar refractivity (Wildman–Crippen MR) is 100 cm³/mol. The summed E-state index contributed by atoms with van der Waals surface area (Å²) in [6.07, 6.45) is 0.879. The van der Waals surface area contributed by atoms with Crippen LogP contribution in [-0.2, 0) is 11.8 Å². The number of ether oxygens (including phenoxy) is 2. The van der Waals surface area contributed by atoms with Gasteiger partial charge >= 0.3 is 0 Å². The minimum atomic E-state index is 0.0975. The molecule has 0 heterocycles. The molecule has 0 aliphatic carbocycles. The van der Waals surface area contributed by atoms with Crippen LogP contribution < -0.4 is 15.2 Å². The molecule has 0 fully saturated rings. The molecule has 2 N–H and O–H groups in total. The van der Waals surface area contributed by atoms with Crippen LogP contribution in [0.25, 0.3) is 0 Å². The third kappa shape index (κ3) is 4.30. The van der Waals surface area contributed by atoms with E-state index >= 15 is 0 Å². The zero-order valence-electron chi connectivity index (χ0n) is 15.4. The molecule has 0 aromatic heterocycles. The summed E-state index contributed by atoms with van der Waals surface area (Å²) in [5, 5.41) is 0. The molecular weight excluding hydrogens is 298 g/mol. The van der Waals surface area contributed by atoms with E-state index in [9.17, 15) is 0 Å². The van der Waals surface area contributed by atoms with Gasteiger partial charge in [-0.1, -0.05) is 45.0 Å². The van der Waals surface area contributed by atoms with Gasteiger partial charge < -0.3 is 15.2 Å². The van der Waals surface area contributed by atoms with E-state index in [1.807, 2.05) is 12.1 Å². The number of hydrogen-bond donors (Lipinski definition) is 1. The predicted octanol–water partition coefficient (Wildman–Crippen LogP) is 4.29. The highest BCUT2D eigenvalue weighted by atomic mass is 16.5. The molecule has 0 radical (unpaired) electrons. The fraction of sp³-hybridized carbons (Fsp3) is 0.429. The number of rotatable bonds is 6. The molecule has 0 amide bonds. The van der Waals surface area contributed by atoms with Crippen molar-refractivity contribution < 1.29 is 9.47 Å². The molecule has 0 saturated carbocycles. The summed E-state index contributed by atoms with van der Waals surface area (Å²) >= 11 is 0. The molecule has 0 aliphatic rings. The van der Waals surface area contributed by atoms with Crippen molar-refractivity contribution in [3.63, 3.8) is 0 Å². The Morgan fingerprint density at radius 3 is 2.12 bits per heavy atom. The molecule has 1 unspecified atom stereocenters. The van der Waals surface area contributed by atoms with Crippen molar-refractivity contribution in [3.8, 4) is 11.5 Å². The normalized spacial score (nSPS) is 12.8. The Morgan fingerprint density at radius 2 is 1.62 bits per heavy atom. The standard InChI is InChI=1S/C21H29NO2/c1-21(2,3)17-8-11-20(24-5)19(13-17)16(14-22)12-15-6-9-18(23-4)10-7-15/h6-11,13,16H,12,14,22H2,1-5H3. The van der Waals surface area contributed by atoms with Crippen molar-refractivity contribution in [3.05, 3.63) is 59.2 Å². The molecule has 0 spiro atoms. The molecular formula is C21H29NO2. The summed E-state index contributed by atoms with van der Waals surface area (Å²) in [6.45, 7) is 7.24. The van der Waals surface area contributed by atoms with Gasteiger partial charge in [0.25, 0.3) is 0 Å². The minimum Gasteiger partial charge on any atom is -0.497 e. The largest absolute Gasteiger partial charge is 0.497 e. The van der Waals surface area contributed by atoms with Crippen LogP contribution in [0.5, 0.6) is 11.5 Å². The summed E-state index contributed by atoms with van der Waals surface area (Å²) in [5.41, 5.74) is 9.93. The maximum absolute atomic E-state index is 6.11. The maximum atomic E-state index is 6.11. The second kappa shape index (κ2) is 7.71. The van der Waals surface area contributed by atoms with Gasteiger partial charge in [0.05, 0.1) is 14.2 Å². The van der Waals surface area contributed by atoms with Crippen LogP contribution in [-0.4, -0.2) is 20.8 Å². The molecule has 2 aromatic rings. The van der Waals surface area contributed by atoms with Crippen molar-refractivity contribution in [2.24, 2.45) is 5.73 Å². The third-order valence-electron chi connectivity index (χ3n) is 4.46. The highest BCUT2D eigenvalue weighted by Gasteiger charge is 2.20. The minimum absolute atomic E-state index is 0.0975. The Bertz CT molecular complexity index is 657. The summed E-state index contributed by atoms with van der Waals surface area (Å²) in [6, 6.07) is 14.6. The van der Waals surface area contributed by atoms with Gasteiger partial charge in [-0.25, -0.2) is 0 Å². The first-order valence-corrected chi connectivity index (χ1v) is 8.40. The second-order valence-corrected chi connectivity index (χ2v) is 7.19. The van der Waals surface area contributed by atoms with E-state index in [-0.39, 0.29) is 11.3 Å². The molecule has 0 saturated heterocycles. The Labute approximate surface area is 145 Å². The summed E-state index contributed by atoms with van der Waals surface area (Å²) in [5.74, 6) is 2.00. The molecule has 2 rings (SSSR count). The van der Waals surface area contributed by atoms with Gasteiger partial charge in [-0.3, -0.25) is 0 Å². The number of hydrogen-bond acceptors (Lipinski definition) is 3. The zero-order valence-corrected chi connectivity index (χ0v) is 15.4. The van der Waals surface area contributed by atoms with Crippen LogP contribution in [0.2, 0.25) is 0 Å². The first-order valence-electron chi connectivity index (χ1n) is 8.40. The van der Waals surface area contributed by atoms with E-state index in [1.54, 1.807) is 14.2 Å².